The van der Waals surface area contributed by atoms with Crippen LogP contribution in [0.5, 0.6) is 0 Å². The van der Waals surface area contributed by atoms with Crippen molar-refractivity contribution in [3.8, 4) is 11.8 Å². The highest BCUT2D eigenvalue weighted by Gasteiger charge is 1.99. The van der Waals surface area contributed by atoms with Gasteiger partial charge in [-0.3, -0.25) is 0 Å². The van der Waals surface area contributed by atoms with E-state index in [2.05, 4.69) is 11.8 Å². The molecule has 0 unspecified atom stereocenters. The zero-order chi connectivity index (χ0) is 9.68. The standard InChI is InChI=1S/C10H8ClFO/c11-5-1-2-8-3-4-10(12)6-9(8)7-13/h3-4,6,13H,5,7H2. The Morgan fingerprint density at radius 2 is 2.23 bits per heavy atom. The van der Waals surface area contributed by atoms with Crippen LogP contribution in [0.2, 0.25) is 0 Å². The minimum absolute atomic E-state index is 0.218. The lowest BCUT2D eigenvalue weighted by Crippen LogP contribution is -1.90. The lowest BCUT2D eigenvalue weighted by atomic mass is 10.1. The van der Waals surface area contributed by atoms with Gasteiger partial charge in [0.1, 0.15) is 5.82 Å². The molecular weight excluding hydrogens is 191 g/mol. The van der Waals surface area contributed by atoms with Crippen molar-refractivity contribution in [2.24, 2.45) is 0 Å². The Morgan fingerprint density at radius 1 is 1.46 bits per heavy atom. The average molecular weight is 199 g/mol. The van der Waals surface area contributed by atoms with Gasteiger partial charge in [0.05, 0.1) is 12.5 Å². The van der Waals surface area contributed by atoms with Gasteiger partial charge in [-0.05, 0) is 23.8 Å². The molecule has 3 heteroatoms. The molecule has 1 nitrogen and oxygen atoms in total. The zero-order valence-electron chi connectivity index (χ0n) is 6.85. The summed E-state index contributed by atoms with van der Waals surface area (Å²) < 4.78 is 12.7. The first kappa shape index (κ1) is 10.0. The van der Waals surface area contributed by atoms with Crippen LogP contribution in [0.25, 0.3) is 0 Å². The fourth-order valence-corrected chi connectivity index (χ4v) is 1.01. The highest BCUT2D eigenvalue weighted by atomic mass is 35.5. The molecule has 0 spiro atoms. The summed E-state index contributed by atoms with van der Waals surface area (Å²) in [4.78, 5) is 0. The van der Waals surface area contributed by atoms with Gasteiger partial charge >= 0.3 is 0 Å². The summed E-state index contributed by atoms with van der Waals surface area (Å²) >= 11 is 5.37. The number of benzene rings is 1. The number of aliphatic hydroxyl groups excluding tert-OH is 1. The molecule has 0 radical (unpaired) electrons. The number of alkyl halides is 1. The summed E-state index contributed by atoms with van der Waals surface area (Å²) in [5.41, 5.74) is 1.10. The molecule has 0 aliphatic carbocycles. The van der Waals surface area contributed by atoms with Crippen LogP contribution in [0.15, 0.2) is 18.2 Å². The summed E-state index contributed by atoms with van der Waals surface area (Å²) in [6.07, 6.45) is 0. The Bertz CT molecular complexity index is 352. The van der Waals surface area contributed by atoms with Crippen molar-refractivity contribution in [1.82, 2.24) is 0 Å². The van der Waals surface area contributed by atoms with E-state index in [9.17, 15) is 4.39 Å². The van der Waals surface area contributed by atoms with Gasteiger partial charge in [0.25, 0.3) is 0 Å². The third kappa shape index (κ3) is 2.73. The molecule has 1 N–H and O–H groups in total. The molecule has 0 atom stereocenters. The molecule has 0 fully saturated rings. The van der Waals surface area contributed by atoms with Crippen LogP contribution in [0, 0.1) is 17.7 Å². The van der Waals surface area contributed by atoms with Crippen molar-refractivity contribution >= 4 is 11.6 Å². The van der Waals surface area contributed by atoms with Crippen LogP contribution in [-0.4, -0.2) is 11.0 Å². The summed E-state index contributed by atoms with van der Waals surface area (Å²) in [7, 11) is 0. The lowest BCUT2D eigenvalue weighted by molar-refractivity contribution is 0.281. The largest absolute Gasteiger partial charge is 0.392 e. The second-order valence-corrected chi connectivity index (χ2v) is 2.66. The van der Waals surface area contributed by atoms with E-state index in [0.29, 0.717) is 11.1 Å². The molecule has 0 heterocycles. The first-order valence-corrected chi connectivity index (χ1v) is 4.25. The predicted octanol–water partition coefficient (Wildman–Crippen LogP) is 1.91. The topological polar surface area (TPSA) is 20.2 Å². The third-order valence-corrected chi connectivity index (χ3v) is 1.66. The Balaban J connectivity index is 3.06. The first-order valence-electron chi connectivity index (χ1n) is 3.72. The van der Waals surface area contributed by atoms with Crippen LogP contribution in [-0.2, 0) is 6.61 Å². The molecule has 0 bridgehead atoms. The van der Waals surface area contributed by atoms with E-state index in [0.717, 1.165) is 0 Å². The van der Waals surface area contributed by atoms with Crippen LogP contribution in [0.3, 0.4) is 0 Å². The van der Waals surface area contributed by atoms with Gasteiger partial charge in [0.2, 0.25) is 0 Å². The van der Waals surface area contributed by atoms with Crippen molar-refractivity contribution in [3.05, 3.63) is 35.1 Å². The quantitative estimate of drug-likeness (QED) is 0.540. The van der Waals surface area contributed by atoms with E-state index in [1.165, 1.54) is 18.2 Å². The molecule has 1 aromatic carbocycles. The maximum Gasteiger partial charge on any atom is 0.123 e. The van der Waals surface area contributed by atoms with Crippen molar-refractivity contribution in [1.29, 1.82) is 0 Å². The molecule has 0 aliphatic rings. The summed E-state index contributed by atoms with van der Waals surface area (Å²) in [5, 5.41) is 8.87. The Kier molecular flexibility index (Phi) is 3.75. The van der Waals surface area contributed by atoms with Crippen molar-refractivity contribution in [2.75, 3.05) is 5.88 Å². The van der Waals surface area contributed by atoms with Crippen molar-refractivity contribution in [3.63, 3.8) is 0 Å². The second-order valence-electron chi connectivity index (χ2n) is 2.39. The predicted molar refractivity (Wildman–Crippen MR) is 49.9 cm³/mol. The Morgan fingerprint density at radius 3 is 2.85 bits per heavy atom. The monoisotopic (exact) mass is 198 g/mol. The van der Waals surface area contributed by atoms with Gasteiger partial charge in [-0.1, -0.05) is 11.8 Å². The average Bonchev–Trinajstić information content (AvgIpc) is 2.16. The molecule has 1 rings (SSSR count). The molecule has 0 saturated heterocycles. The lowest BCUT2D eigenvalue weighted by Gasteiger charge is -1.99. The van der Waals surface area contributed by atoms with E-state index in [4.69, 9.17) is 16.7 Å². The van der Waals surface area contributed by atoms with E-state index in [-0.39, 0.29) is 18.3 Å². The number of rotatable bonds is 1. The van der Waals surface area contributed by atoms with Crippen molar-refractivity contribution < 1.29 is 9.50 Å². The summed E-state index contributed by atoms with van der Waals surface area (Å²) in [6.45, 7) is -0.218. The Hall–Kier alpha value is -1.04. The third-order valence-electron chi connectivity index (χ3n) is 1.53. The van der Waals surface area contributed by atoms with E-state index in [1.54, 1.807) is 0 Å². The van der Waals surface area contributed by atoms with Gasteiger partial charge in [0, 0.05) is 5.56 Å². The highest BCUT2D eigenvalue weighted by Crippen LogP contribution is 2.09. The molecule has 13 heavy (non-hydrogen) atoms. The fourth-order valence-electron chi connectivity index (χ4n) is 0.944. The molecule has 0 aliphatic heterocycles. The van der Waals surface area contributed by atoms with E-state index in [1.807, 2.05) is 0 Å². The smallest absolute Gasteiger partial charge is 0.123 e. The highest BCUT2D eigenvalue weighted by molar-refractivity contribution is 6.19. The molecule has 0 saturated carbocycles. The number of halogens is 2. The van der Waals surface area contributed by atoms with Gasteiger partial charge in [-0.25, -0.2) is 4.39 Å². The van der Waals surface area contributed by atoms with Gasteiger partial charge < -0.3 is 5.11 Å². The summed E-state index contributed by atoms with van der Waals surface area (Å²) in [6, 6.07) is 4.09. The maximum atomic E-state index is 12.7. The van der Waals surface area contributed by atoms with Crippen molar-refractivity contribution in [2.45, 2.75) is 6.61 Å². The van der Waals surface area contributed by atoms with Gasteiger partial charge in [0.15, 0.2) is 0 Å². The summed E-state index contributed by atoms with van der Waals surface area (Å²) in [5.74, 6) is 5.22. The minimum atomic E-state index is -0.375. The molecule has 0 aromatic heterocycles. The van der Waals surface area contributed by atoms with Crippen LogP contribution in [0.1, 0.15) is 11.1 Å². The molecule has 1 aromatic rings. The molecule has 0 amide bonds. The molecular formula is C10H8ClFO. The van der Waals surface area contributed by atoms with E-state index >= 15 is 0 Å². The van der Waals surface area contributed by atoms with Crippen LogP contribution < -0.4 is 0 Å². The minimum Gasteiger partial charge on any atom is -0.392 e. The SMILES string of the molecule is OCc1cc(F)ccc1C#CCCl. The number of hydrogen-bond acceptors (Lipinski definition) is 1. The Labute approximate surface area is 81.2 Å². The van der Waals surface area contributed by atoms with E-state index < -0.39 is 0 Å². The zero-order valence-corrected chi connectivity index (χ0v) is 7.61. The second kappa shape index (κ2) is 4.86. The maximum absolute atomic E-state index is 12.7. The normalized spacial score (nSPS) is 9.15. The molecule has 68 valence electrons. The van der Waals surface area contributed by atoms with Gasteiger partial charge in [-0.15, -0.1) is 11.6 Å². The number of aliphatic hydroxyl groups is 1. The van der Waals surface area contributed by atoms with Crippen LogP contribution >= 0.6 is 11.6 Å². The number of hydrogen-bond donors (Lipinski definition) is 1. The first-order chi connectivity index (χ1) is 6.27. The van der Waals surface area contributed by atoms with Crippen LogP contribution in [0.4, 0.5) is 4.39 Å². The fraction of sp³-hybridized carbons (Fsp3) is 0.200. The van der Waals surface area contributed by atoms with Gasteiger partial charge in [-0.2, -0.15) is 0 Å².